The van der Waals surface area contributed by atoms with Crippen molar-refractivity contribution in [3.05, 3.63) is 0 Å². The SMILES string of the molecule is CC(C)[C@H]1CC[C@H](C(=O)N2CCCC2)CC1. The minimum absolute atomic E-state index is 0.355. The Morgan fingerprint density at radius 1 is 1.06 bits per heavy atom. The van der Waals surface area contributed by atoms with E-state index in [9.17, 15) is 4.79 Å². The molecule has 2 nitrogen and oxygen atoms in total. The van der Waals surface area contributed by atoms with Gasteiger partial charge in [-0.05, 0) is 50.4 Å². The third-order valence-corrected chi connectivity index (χ3v) is 4.48. The molecule has 16 heavy (non-hydrogen) atoms. The molecule has 1 saturated carbocycles. The average molecular weight is 223 g/mol. The number of amides is 1. The molecule has 1 saturated heterocycles. The van der Waals surface area contributed by atoms with Gasteiger partial charge in [-0.3, -0.25) is 4.79 Å². The van der Waals surface area contributed by atoms with Crippen molar-refractivity contribution in [2.75, 3.05) is 13.1 Å². The van der Waals surface area contributed by atoms with Gasteiger partial charge in [0.25, 0.3) is 0 Å². The van der Waals surface area contributed by atoms with E-state index < -0.39 is 0 Å². The number of carbonyl (C=O) groups excluding carboxylic acids is 1. The highest BCUT2D eigenvalue weighted by Crippen LogP contribution is 2.34. The summed E-state index contributed by atoms with van der Waals surface area (Å²) in [4.78, 5) is 14.3. The molecule has 1 amide bonds. The van der Waals surface area contributed by atoms with Crippen molar-refractivity contribution in [2.45, 2.75) is 52.4 Å². The van der Waals surface area contributed by atoms with Gasteiger partial charge in [0.2, 0.25) is 5.91 Å². The van der Waals surface area contributed by atoms with E-state index in [0.717, 1.165) is 37.8 Å². The molecule has 1 aliphatic heterocycles. The second kappa shape index (κ2) is 5.20. The first-order valence-corrected chi connectivity index (χ1v) is 6.97. The Morgan fingerprint density at radius 2 is 1.62 bits per heavy atom. The first-order valence-electron chi connectivity index (χ1n) is 6.97. The van der Waals surface area contributed by atoms with Crippen LogP contribution in [0.2, 0.25) is 0 Å². The summed E-state index contributed by atoms with van der Waals surface area (Å²) in [6.07, 6.45) is 7.24. The zero-order valence-electron chi connectivity index (χ0n) is 10.7. The first kappa shape index (κ1) is 11.9. The molecule has 0 N–H and O–H groups in total. The van der Waals surface area contributed by atoms with Gasteiger partial charge in [0.05, 0.1) is 0 Å². The third kappa shape index (κ3) is 2.58. The molecule has 0 spiro atoms. The summed E-state index contributed by atoms with van der Waals surface area (Å²) < 4.78 is 0. The van der Waals surface area contributed by atoms with Crippen molar-refractivity contribution in [3.63, 3.8) is 0 Å². The summed E-state index contributed by atoms with van der Waals surface area (Å²) in [5.41, 5.74) is 0. The van der Waals surface area contributed by atoms with E-state index in [1.165, 1.54) is 25.7 Å². The highest BCUT2D eigenvalue weighted by molar-refractivity contribution is 5.79. The van der Waals surface area contributed by atoms with Gasteiger partial charge in [-0.1, -0.05) is 13.8 Å². The summed E-state index contributed by atoms with van der Waals surface area (Å²) in [6, 6.07) is 0. The van der Waals surface area contributed by atoms with Gasteiger partial charge in [0.1, 0.15) is 0 Å². The van der Waals surface area contributed by atoms with Crippen LogP contribution in [-0.4, -0.2) is 23.9 Å². The van der Waals surface area contributed by atoms with Gasteiger partial charge in [0.15, 0.2) is 0 Å². The maximum atomic E-state index is 12.2. The van der Waals surface area contributed by atoms with Gasteiger partial charge < -0.3 is 4.90 Å². The zero-order valence-corrected chi connectivity index (χ0v) is 10.7. The van der Waals surface area contributed by atoms with Crippen LogP contribution in [0.1, 0.15) is 52.4 Å². The van der Waals surface area contributed by atoms with Crippen molar-refractivity contribution in [1.29, 1.82) is 0 Å². The molecule has 2 fully saturated rings. The predicted molar refractivity (Wildman–Crippen MR) is 66.1 cm³/mol. The highest BCUT2D eigenvalue weighted by Gasteiger charge is 2.31. The van der Waals surface area contributed by atoms with Gasteiger partial charge in [-0.25, -0.2) is 0 Å². The number of hydrogen-bond donors (Lipinski definition) is 0. The number of hydrogen-bond acceptors (Lipinski definition) is 1. The quantitative estimate of drug-likeness (QED) is 0.704. The average Bonchev–Trinajstić information content (AvgIpc) is 2.81. The largest absolute Gasteiger partial charge is 0.342 e. The molecule has 0 radical (unpaired) electrons. The van der Waals surface area contributed by atoms with Crippen LogP contribution in [0, 0.1) is 17.8 Å². The lowest BCUT2D eigenvalue weighted by molar-refractivity contribution is -0.135. The molecule has 92 valence electrons. The van der Waals surface area contributed by atoms with E-state index in [2.05, 4.69) is 18.7 Å². The van der Waals surface area contributed by atoms with E-state index in [-0.39, 0.29) is 0 Å². The monoisotopic (exact) mass is 223 g/mol. The smallest absolute Gasteiger partial charge is 0.225 e. The normalized spacial score (nSPS) is 31.1. The van der Waals surface area contributed by atoms with Gasteiger partial charge in [-0.15, -0.1) is 0 Å². The topological polar surface area (TPSA) is 20.3 Å². The van der Waals surface area contributed by atoms with Crippen LogP contribution in [0.3, 0.4) is 0 Å². The van der Waals surface area contributed by atoms with Gasteiger partial charge in [-0.2, -0.15) is 0 Å². The maximum Gasteiger partial charge on any atom is 0.225 e. The van der Waals surface area contributed by atoms with Gasteiger partial charge >= 0.3 is 0 Å². The first-order chi connectivity index (χ1) is 7.68. The molecular weight excluding hydrogens is 198 g/mol. The highest BCUT2D eigenvalue weighted by atomic mass is 16.2. The van der Waals surface area contributed by atoms with Crippen LogP contribution in [0.4, 0.5) is 0 Å². The van der Waals surface area contributed by atoms with Crippen LogP contribution < -0.4 is 0 Å². The van der Waals surface area contributed by atoms with E-state index in [4.69, 9.17) is 0 Å². The number of likely N-dealkylation sites (tertiary alicyclic amines) is 1. The summed E-state index contributed by atoms with van der Waals surface area (Å²) >= 11 is 0. The molecule has 0 aromatic rings. The molecule has 0 aromatic carbocycles. The Morgan fingerprint density at radius 3 is 2.12 bits per heavy atom. The van der Waals surface area contributed by atoms with E-state index in [1.54, 1.807) is 0 Å². The Kier molecular flexibility index (Phi) is 3.88. The molecule has 0 atom stereocenters. The molecule has 1 heterocycles. The molecule has 0 bridgehead atoms. The molecule has 1 aliphatic carbocycles. The van der Waals surface area contributed by atoms with Crippen LogP contribution in [-0.2, 0) is 4.79 Å². The molecule has 2 heteroatoms. The number of carbonyl (C=O) groups is 1. The zero-order chi connectivity index (χ0) is 11.5. The second-order valence-electron chi connectivity index (χ2n) is 5.89. The van der Waals surface area contributed by atoms with E-state index in [0.29, 0.717) is 11.8 Å². The van der Waals surface area contributed by atoms with Crippen molar-refractivity contribution in [3.8, 4) is 0 Å². The van der Waals surface area contributed by atoms with Crippen molar-refractivity contribution in [2.24, 2.45) is 17.8 Å². The fourth-order valence-corrected chi connectivity index (χ4v) is 3.23. The lowest BCUT2D eigenvalue weighted by Crippen LogP contribution is -2.36. The Hall–Kier alpha value is -0.530. The third-order valence-electron chi connectivity index (χ3n) is 4.48. The summed E-state index contributed by atoms with van der Waals surface area (Å²) in [5.74, 6) is 2.47. The summed E-state index contributed by atoms with van der Waals surface area (Å²) in [6.45, 7) is 6.66. The van der Waals surface area contributed by atoms with E-state index >= 15 is 0 Å². The Labute approximate surface area is 99.4 Å². The van der Waals surface area contributed by atoms with E-state index in [1.807, 2.05) is 0 Å². The summed E-state index contributed by atoms with van der Waals surface area (Å²) in [7, 11) is 0. The standard InChI is InChI=1S/C14H25NO/c1-11(2)12-5-7-13(8-6-12)14(16)15-9-3-4-10-15/h11-13H,3-10H2,1-2H3/t12-,13-. The van der Waals surface area contributed by atoms with Gasteiger partial charge in [0, 0.05) is 19.0 Å². The van der Waals surface area contributed by atoms with Crippen LogP contribution >= 0.6 is 0 Å². The fourth-order valence-electron chi connectivity index (χ4n) is 3.23. The Bertz CT molecular complexity index is 235. The Balaban J connectivity index is 1.81. The van der Waals surface area contributed by atoms with Crippen molar-refractivity contribution in [1.82, 2.24) is 4.90 Å². The summed E-state index contributed by atoms with van der Waals surface area (Å²) in [5, 5.41) is 0. The number of rotatable bonds is 2. The minimum atomic E-state index is 0.355. The molecule has 0 aromatic heterocycles. The minimum Gasteiger partial charge on any atom is -0.342 e. The molecule has 2 rings (SSSR count). The lowest BCUT2D eigenvalue weighted by Gasteiger charge is -2.32. The fraction of sp³-hybridized carbons (Fsp3) is 0.929. The predicted octanol–water partition coefficient (Wildman–Crippen LogP) is 3.07. The van der Waals surface area contributed by atoms with Crippen LogP contribution in [0.15, 0.2) is 0 Å². The van der Waals surface area contributed by atoms with Crippen molar-refractivity contribution < 1.29 is 4.79 Å². The second-order valence-corrected chi connectivity index (χ2v) is 5.89. The molecule has 2 aliphatic rings. The van der Waals surface area contributed by atoms with Crippen LogP contribution in [0.25, 0.3) is 0 Å². The lowest BCUT2D eigenvalue weighted by atomic mass is 9.76. The maximum absolute atomic E-state index is 12.2. The van der Waals surface area contributed by atoms with Crippen LogP contribution in [0.5, 0.6) is 0 Å². The molecule has 0 unspecified atom stereocenters. The molecular formula is C14H25NO. The van der Waals surface area contributed by atoms with Crippen molar-refractivity contribution >= 4 is 5.91 Å². The number of nitrogens with zero attached hydrogens (tertiary/aromatic N) is 1.